The molecule has 0 aliphatic rings. The molecule has 1 aromatic rings. The molecule has 0 bridgehead atoms. The fraction of sp³-hybridized carbons (Fsp3) is 0.294. The Morgan fingerprint density at radius 2 is 1.95 bits per heavy atom. The van der Waals surface area contributed by atoms with Crippen LogP contribution in [0, 0.1) is 0 Å². The highest BCUT2D eigenvalue weighted by atomic mass is 16.5. The first-order valence-corrected chi connectivity index (χ1v) is 6.43. The van der Waals surface area contributed by atoms with Gasteiger partial charge in [-0.1, -0.05) is 42.5 Å². The molecule has 0 saturated heterocycles. The predicted molar refractivity (Wildman–Crippen MR) is 81.4 cm³/mol. The van der Waals surface area contributed by atoms with Gasteiger partial charge in [0.15, 0.2) is 0 Å². The lowest BCUT2D eigenvalue weighted by molar-refractivity contribution is 0.187. The lowest BCUT2D eigenvalue weighted by atomic mass is 10.2. The molecule has 0 unspecified atom stereocenters. The van der Waals surface area contributed by atoms with Gasteiger partial charge >= 0.3 is 0 Å². The number of benzene rings is 1. The highest BCUT2D eigenvalue weighted by molar-refractivity contribution is 5.50. The first-order chi connectivity index (χ1) is 9.26. The molecule has 0 amide bonds. The van der Waals surface area contributed by atoms with Crippen LogP contribution in [-0.2, 0) is 4.74 Å². The molecule has 2 heteroatoms. The summed E-state index contributed by atoms with van der Waals surface area (Å²) >= 11 is 0. The van der Waals surface area contributed by atoms with Crippen LogP contribution in [0.3, 0.4) is 0 Å². The highest BCUT2D eigenvalue weighted by Gasteiger charge is 1.90. The monoisotopic (exact) mass is 258 g/mol. The van der Waals surface area contributed by atoms with Crippen molar-refractivity contribution in [3.05, 3.63) is 59.7 Å². The van der Waals surface area contributed by atoms with Gasteiger partial charge in [0.1, 0.15) is 5.75 Å². The fourth-order valence-electron chi connectivity index (χ4n) is 1.50. The molecule has 0 fully saturated rings. The van der Waals surface area contributed by atoms with E-state index in [-0.39, 0.29) is 0 Å². The van der Waals surface area contributed by atoms with E-state index in [4.69, 9.17) is 9.47 Å². The van der Waals surface area contributed by atoms with Gasteiger partial charge < -0.3 is 9.47 Å². The topological polar surface area (TPSA) is 18.5 Å². The summed E-state index contributed by atoms with van der Waals surface area (Å²) in [5.74, 6) is 0.873. The van der Waals surface area contributed by atoms with Crippen LogP contribution in [-0.4, -0.2) is 20.3 Å². The lowest BCUT2D eigenvalue weighted by Crippen LogP contribution is -1.95. The van der Waals surface area contributed by atoms with Crippen molar-refractivity contribution < 1.29 is 9.47 Å². The molecule has 1 rings (SSSR count). The van der Waals surface area contributed by atoms with Gasteiger partial charge in [-0.3, -0.25) is 0 Å². The van der Waals surface area contributed by atoms with E-state index in [0.717, 1.165) is 11.3 Å². The van der Waals surface area contributed by atoms with E-state index in [2.05, 4.69) is 13.0 Å². The Hall–Kier alpha value is -1.80. The molecular weight excluding hydrogens is 236 g/mol. The molecule has 0 heterocycles. The van der Waals surface area contributed by atoms with Crippen LogP contribution in [0.2, 0.25) is 0 Å². The highest BCUT2D eigenvalue weighted by Crippen LogP contribution is 2.12. The number of methoxy groups -OCH3 is 1. The van der Waals surface area contributed by atoms with E-state index in [1.165, 1.54) is 5.57 Å². The third-order valence-corrected chi connectivity index (χ3v) is 2.54. The van der Waals surface area contributed by atoms with E-state index in [9.17, 15) is 0 Å². The van der Waals surface area contributed by atoms with Gasteiger partial charge in [0.2, 0.25) is 0 Å². The minimum atomic E-state index is 0.618. The number of rotatable bonds is 7. The van der Waals surface area contributed by atoms with Crippen molar-refractivity contribution in [3.8, 4) is 5.75 Å². The summed E-state index contributed by atoms with van der Waals surface area (Å²) in [6.07, 6.45) is 10.2. The van der Waals surface area contributed by atoms with Crippen molar-refractivity contribution in [2.24, 2.45) is 0 Å². The molecule has 102 valence electrons. The van der Waals surface area contributed by atoms with Crippen LogP contribution >= 0.6 is 0 Å². The quantitative estimate of drug-likeness (QED) is 0.538. The Morgan fingerprint density at radius 3 is 2.58 bits per heavy atom. The minimum absolute atomic E-state index is 0.618. The van der Waals surface area contributed by atoms with E-state index in [1.807, 2.05) is 55.5 Å². The van der Waals surface area contributed by atoms with Crippen molar-refractivity contribution in [3.63, 3.8) is 0 Å². The second kappa shape index (κ2) is 9.17. The molecule has 0 atom stereocenters. The summed E-state index contributed by atoms with van der Waals surface area (Å²) in [7, 11) is 1.67. The van der Waals surface area contributed by atoms with E-state index in [1.54, 1.807) is 7.11 Å². The zero-order valence-corrected chi connectivity index (χ0v) is 11.9. The largest absolute Gasteiger partial charge is 0.497 e. The molecule has 0 saturated carbocycles. The van der Waals surface area contributed by atoms with Gasteiger partial charge in [-0.15, -0.1) is 0 Å². The van der Waals surface area contributed by atoms with Gasteiger partial charge in [-0.05, 0) is 37.1 Å². The molecule has 0 aliphatic carbocycles. The van der Waals surface area contributed by atoms with Crippen LogP contribution in [0.15, 0.2) is 54.1 Å². The standard InChI is InChI=1S/C17H22O2/c1-4-5-7-15(2)14-19-13-6-8-16-9-11-17(18-3)12-10-16/h4-12H,13-14H2,1-3H3/b5-4+,8-6+,15-7+. The van der Waals surface area contributed by atoms with Gasteiger partial charge in [0.05, 0.1) is 20.3 Å². The van der Waals surface area contributed by atoms with E-state index in [0.29, 0.717) is 13.2 Å². The van der Waals surface area contributed by atoms with Crippen LogP contribution in [0.5, 0.6) is 5.75 Å². The molecular formula is C17H22O2. The summed E-state index contributed by atoms with van der Waals surface area (Å²) in [4.78, 5) is 0. The van der Waals surface area contributed by atoms with Crippen LogP contribution in [0.25, 0.3) is 6.08 Å². The second-order valence-electron chi connectivity index (χ2n) is 4.23. The molecule has 19 heavy (non-hydrogen) atoms. The van der Waals surface area contributed by atoms with Gasteiger partial charge in [0, 0.05) is 0 Å². The maximum Gasteiger partial charge on any atom is 0.118 e. The SMILES string of the molecule is C/C=C/C=C(\C)COC/C=C/c1ccc(OC)cc1. The van der Waals surface area contributed by atoms with E-state index >= 15 is 0 Å². The molecule has 1 aromatic carbocycles. The van der Waals surface area contributed by atoms with Crippen LogP contribution < -0.4 is 4.74 Å². The van der Waals surface area contributed by atoms with Crippen molar-refractivity contribution >= 4 is 6.08 Å². The third-order valence-electron chi connectivity index (χ3n) is 2.54. The van der Waals surface area contributed by atoms with E-state index < -0.39 is 0 Å². The smallest absolute Gasteiger partial charge is 0.118 e. The van der Waals surface area contributed by atoms with Crippen molar-refractivity contribution in [2.75, 3.05) is 20.3 Å². The first-order valence-electron chi connectivity index (χ1n) is 6.43. The fourth-order valence-corrected chi connectivity index (χ4v) is 1.50. The average molecular weight is 258 g/mol. The van der Waals surface area contributed by atoms with Gasteiger partial charge in [-0.25, -0.2) is 0 Å². The second-order valence-corrected chi connectivity index (χ2v) is 4.23. The maximum absolute atomic E-state index is 5.55. The summed E-state index contributed by atoms with van der Waals surface area (Å²) in [5, 5.41) is 0. The average Bonchev–Trinajstić information content (AvgIpc) is 2.45. The molecule has 0 aliphatic heterocycles. The molecule has 2 nitrogen and oxygen atoms in total. The zero-order chi connectivity index (χ0) is 13.9. The third kappa shape index (κ3) is 6.63. The number of ether oxygens (including phenoxy) is 2. The molecule has 0 radical (unpaired) electrons. The van der Waals surface area contributed by atoms with Crippen molar-refractivity contribution in [1.29, 1.82) is 0 Å². The minimum Gasteiger partial charge on any atom is -0.497 e. The summed E-state index contributed by atoms with van der Waals surface area (Å²) in [6.45, 7) is 5.35. The summed E-state index contributed by atoms with van der Waals surface area (Å²) in [5.41, 5.74) is 2.36. The molecule has 0 spiro atoms. The van der Waals surface area contributed by atoms with Crippen molar-refractivity contribution in [2.45, 2.75) is 13.8 Å². The summed E-state index contributed by atoms with van der Waals surface area (Å²) < 4.78 is 10.7. The number of hydrogen-bond acceptors (Lipinski definition) is 2. The Balaban J connectivity index is 2.30. The van der Waals surface area contributed by atoms with Crippen LogP contribution in [0.4, 0.5) is 0 Å². The Kier molecular flexibility index (Phi) is 7.37. The Labute approximate surface area is 116 Å². The first kappa shape index (κ1) is 15.3. The normalized spacial score (nSPS) is 12.5. The zero-order valence-electron chi connectivity index (χ0n) is 11.9. The maximum atomic E-state index is 5.55. The molecule has 0 aromatic heterocycles. The Bertz CT molecular complexity index is 439. The van der Waals surface area contributed by atoms with Crippen LogP contribution in [0.1, 0.15) is 19.4 Å². The number of allylic oxidation sites excluding steroid dienone is 3. The van der Waals surface area contributed by atoms with Gasteiger partial charge in [-0.2, -0.15) is 0 Å². The lowest BCUT2D eigenvalue weighted by Gasteiger charge is -2.01. The molecule has 0 N–H and O–H groups in total. The van der Waals surface area contributed by atoms with Crippen molar-refractivity contribution in [1.82, 2.24) is 0 Å². The number of hydrogen-bond donors (Lipinski definition) is 0. The van der Waals surface area contributed by atoms with Gasteiger partial charge in [0.25, 0.3) is 0 Å². The Morgan fingerprint density at radius 1 is 1.21 bits per heavy atom. The summed E-state index contributed by atoms with van der Waals surface area (Å²) in [6, 6.07) is 7.94. The predicted octanol–water partition coefficient (Wildman–Crippen LogP) is 4.25.